The van der Waals surface area contributed by atoms with Crippen molar-refractivity contribution < 1.29 is 9.18 Å². The van der Waals surface area contributed by atoms with E-state index >= 15 is 0 Å². The van der Waals surface area contributed by atoms with Crippen LogP contribution >= 0.6 is 15.9 Å². The number of hydrogen-bond acceptors (Lipinski definition) is 2. The molecule has 0 radical (unpaired) electrons. The summed E-state index contributed by atoms with van der Waals surface area (Å²) in [6, 6.07) is 11.4. The molecule has 3 nitrogen and oxygen atoms in total. The van der Waals surface area contributed by atoms with Crippen LogP contribution in [0.25, 0.3) is 0 Å². The molecule has 0 heterocycles. The van der Waals surface area contributed by atoms with E-state index in [-0.39, 0.29) is 18.0 Å². The molecule has 0 spiro atoms. The van der Waals surface area contributed by atoms with Crippen molar-refractivity contribution in [3.63, 3.8) is 0 Å². The summed E-state index contributed by atoms with van der Waals surface area (Å²) in [6.45, 7) is 1.96. The van der Waals surface area contributed by atoms with Gasteiger partial charge in [0.15, 0.2) is 0 Å². The maximum atomic E-state index is 13.7. The van der Waals surface area contributed by atoms with E-state index in [1.807, 2.05) is 19.1 Å². The Morgan fingerprint density at radius 3 is 2.71 bits per heavy atom. The first-order chi connectivity index (χ1) is 9.99. The van der Waals surface area contributed by atoms with Crippen molar-refractivity contribution in [2.75, 3.05) is 0 Å². The SMILES string of the molecule is Cc1cc(Br)cc(C(=O)NCc2ccc(C#N)cc2F)c1. The van der Waals surface area contributed by atoms with Gasteiger partial charge < -0.3 is 5.32 Å². The second-order valence-electron chi connectivity index (χ2n) is 4.62. The Bertz CT molecular complexity index is 717. The van der Waals surface area contributed by atoms with E-state index in [9.17, 15) is 9.18 Å². The van der Waals surface area contributed by atoms with E-state index in [2.05, 4.69) is 21.2 Å². The molecule has 0 saturated carbocycles. The molecule has 0 aliphatic rings. The van der Waals surface area contributed by atoms with Gasteiger partial charge in [0.2, 0.25) is 0 Å². The highest BCUT2D eigenvalue weighted by Crippen LogP contribution is 2.16. The Hall–Kier alpha value is -2.19. The Labute approximate surface area is 130 Å². The third-order valence-electron chi connectivity index (χ3n) is 2.93. The number of nitriles is 1. The largest absolute Gasteiger partial charge is 0.348 e. The van der Waals surface area contributed by atoms with Gasteiger partial charge in [-0.2, -0.15) is 5.26 Å². The second kappa shape index (κ2) is 6.51. The van der Waals surface area contributed by atoms with Crippen LogP contribution in [0, 0.1) is 24.1 Å². The van der Waals surface area contributed by atoms with Gasteiger partial charge in [-0.1, -0.05) is 22.0 Å². The maximum Gasteiger partial charge on any atom is 0.251 e. The lowest BCUT2D eigenvalue weighted by molar-refractivity contribution is 0.0950. The number of carbonyl (C=O) groups excluding carboxylic acids is 1. The lowest BCUT2D eigenvalue weighted by atomic mass is 10.1. The molecule has 0 aromatic heterocycles. The van der Waals surface area contributed by atoms with Crippen LogP contribution in [0.3, 0.4) is 0 Å². The van der Waals surface area contributed by atoms with Crippen molar-refractivity contribution in [3.8, 4) is 6.07 Å². The van der Waals surface area contributed by atoms with Gasteiger partial charge in [0.05, 0.1) is 11.6 Å². The molecule has 0 atom stereocenters. The van der Waals surface area contributed by atoms with Gasteiger partial charge in [-0.05, 0) is 42.8 Å². The van der Waals surface area contributed by atoms with Crippen molar-refractivity contribution >= 4 is 21.8 Å². The van der Waals surface area contributed by atoms with Crippen LogP contribution in [-0.2, 0) is 6.54 Å². The first-order valence-corrected chi connectivity index (χ1v) is 7.03. The standard InChI is InChI=1S/C16H12BrFN2O/c1-10-4-13(7-14(17)5-10)16(21)20-9-12-3-2-11(8-19)6-15(12)18/h2-7H,9H2,1H3,(H,20,21). The highest BCUT2D eigenvalue weighted by atomic mass is 79.9. The van der Waals surface area contributed by atoms with Crippen LogP contribution in [0.15, 0.2) is 40.9 Å². The van der Waals surface area contributed by atoms with Gasteiger partial charge in [-0.25, -0.2) is 4.39 Å². The lowest BCUT2D eigenvalue weighted by Crippen LogP contribution is -2.23. The molecule has 0 saturated heterocycles. The summed E-state index contributed by atoms with van der Waals surface area (Å²) in [7, 11) is 0. The fourth-order valence-electron chi connectivity index (χ4n) is 1.91. The van der Waals surface area contributed by atoms with E-state index in [4.69, 9.17) is 5.26 Å². The molecule has 1 amide bonds. The zero-order chi connectivity index (χ0) is 15.4. The third kappa shape index (κ3) is 3.89. The monoisotopic (exact) mass is 346 g/mol. The highest BCUT2D eigenvalue weighted by molar-refractivity contribution is 9.10. The predicted octanol–water partition coefficient (Wildman–Crippen LogP) is 3.70. The highest BCUT2D eigenvalue weighted by Gasteiger charge is 2.09. The average Bonchev–Trinajstić information content (AvgIpc) is 2.44. The van der Waals surface area contributed by atoms with E-state index in [1.54, 1.807) is 12.1 Å². The minimum Gasteiger partial charge on any atom is -0.348 e. The van der Waals surface area contributed by atoms with Crippen LogP contribution in [0.4, 0.5) is 4.39 Å². The zero-order valence-corrected chi connectivity index (χ0v) is 12.9. The van der Waals surface area contributed by atoms with Crippen LogP contribution in [0.2, 0.25) is 0 Å². The van der Waals surface area contributed by atoms with Crippen molar-refractivity contribution in [2.45, 2.75) is 13.5 Å². The van der Waals surface area contributed by atoms with Crippen molar-refractivity contribution in [3.05, 3.63) is 68.9 Å². The summed E-state index contributed by atoms with van der Waals surface area (Å²) < 4.78 is 14.5. The number of hydrogen-bond donors (Lipinski definition) is 1. The van der Waals surface area contributed by atoms with Gasteiger partial charge in [0.1, 0.15) is 5.82 Å². The average molecular weight is 347 g/mol. The van der Waals surface area contributed by atoms with E-state index in [1.165, 1.54) is 12.1 Å². The number of rotatable bonds is 3. The van der Waals surface area contributed by atoms with E-state index in [0.717, 1.165) is 16.1 Å². The molecule has 2 aromatic carbocycles. The third-order valence-corrected chi connectivity index (χ3v) is 3.38. The van der Waals surface area contributed by atoms with Gasteiger partial charge in [-0.15, -0.1) is 0 Å². The number of nitrogens with zero attached hydrogens (tertiary/aromatic N) is 1. The smallest absolute Gasteiger partial charge is 0.251 e. The minimum absolute atomic E-state index is 0.0714. The maximum absolute atomic E-state index is 13.7. The summed E-state index contributed by atoms with van der Waals surface area (Å²) in [5, 5.41) is 11.3. The molecule has 1 N–H and O–H groups in total. The molecule has 0 aliphatic carbocycles. The van der Waals surface area contributed by atoms with Crippen LogP contribution < -0.4 is 5.32 Å². The Morgan fingerprint density at radius 2 is 2.10 bits per heavy atom. The number of benzene rings is 2. The second-order valence-corrected chi connectivity index (χ2v) is 5.53. The van der Waals surface area contributed by atoms with E-state index in [0.29, 0.717) is 11.1 Å². The number of carbonyl (C=O) groups is 1. The zero-order valence-electron chi connectivity index (χ0n) is 11.3. The predicted molar refractivity (Wildman–Crippen MR) is 81.2 cm³/mol. The molecular formula is C16H12BrFN2O. The van der Waals surface area contributed by atoms with Gasteiger partial charge in [0, 0.05) is 22.1 Å². The first kappa shape index (κ1) is 15.2. The Balaban J connectivity index is 2.09. The summed E-state index contributed by atoms with van der Waals surface area (Å²) in [4.78, 5) is 12.1. The Morgan fingerprint density at radius 1 is 1.33 bits per heavy atom. The molecule has 2 rings (SSSR count). The Kier molecular flexibility index (Phi) is 4.71. The van der Waals surface area contributed by atoms with Crippen LogP contribution in [-0.4, -0.2) is 5.91 Å². The van der Waals surface area contributed by atoms with Crippen molar-refractivity contribution in [1.29, 1.82) is 5.26 Å². The molecule has 0 unspecified atom stereocenters. The minimum atomic E-state index is -0.500. The molecule has 0 bridgehead atoms. The lowest BCUT2D eigenvalue weighted by Gasteiger charge is -2.08. The fraction of sp³-hybridized carbons (Fsp3) is 0.125. The van der Waals surface area contributed by atoms with Crippen LogP contribution in [0.1, 0.15) is 27.0 Å². The fourth-order valence-corrected chi connectivity index (χ4v) is 2.51. The molecule has 2 aromatic rings. The number of halogens is 2. The number of aryl methyl sites for hydroxylation is 1. The normalized spacial score (nSPS) is 10.0. The molecule has 0 aliphatic heterocycles. The summed E-state index contributed by atoms with van der Waals surface area (Å²) >= 11 is 3.33. The first-order valence-electron chi connectivity index (χ1n) is 6.23. The van der Waals surface area contributed by atoms with Gasteiger partial charge >= 0.3 is 0 Å². The molecule has 0 fully saturated rings. The topological polar surface area (TPSA) is 52.9 Å². The quantitative estimate of drug-likeness (QED) is 0.921. The summed E-state index contributed by atoms with van der Waals surface area (Å²) in [5.41, 5.74) is 2.06. The summed E-state index contributed by atoms with van der Waals surface area (Å²) in [6.07, 6.45) is 0. The van der Waals surface area contributed by atoms with E-state index < -0.39 is 5.82 Å². The van der Waals surface area contributed by atoms with Gasteiger partial charge in [0.25, 0.3) is 5.91 Å². The van der Waals surface area contributed by atoms with Crippen molar-refractivity contribution in [2.24, 2.45) is 0 Å². The van der Waals surface area contributed by atoms with Gasteiger partial charge in [-0.3, -0.25) is 4.79 Å². The molecule has 106 valence electrons. The number of amides is 1. The molecule has 21 heavy (non-hydrogen) atoms. The number of nitrogens with one attached hydrogen (secondary N) is 1. The van der Waals surface area contributed by atoms with Crippen molar-refractivity contribution in [1.82, 2.24) is 5.32 Å². The summed E-state index contributed by atoms with van der Waals surface area (Å²) in [5.74, 6) is -0.775. The van der Waals surface area contributed by atoms with Crippen LogP contribution in [0.5, 0.6) is 0 Å². The molecule has 5 heteroatoms. The molecular weight excluding hydrogens is 335 g/mol.